The summed E-state index contributed by atoms with van der Waals surface area (Å²) in [5.41, 5.74) is 3.48. The summed E-state index contributed by atoms with van der Waals surface area (Å²) in [7, 11) is 0. The summed E-state index contributed by atoms with van der Waals surface area (Å²) in [4.78, 5) is 2.49. The Labute approximate surface area is 138 Å². The molecule has 1 unspecified atom stereocenters. The Morgan fingerprint density at radius 1 is 1.04 bits per heavy atom. The quantitative estimate of drug-likeness (QED) is 0.937. The summed E-state index contributed by atoms with van der Waals surface area (Å²) in [5, 5.41) is 9.17. The third-order valence-electron chi connectivity index (χ3n) is 4.63. The van der Waals surface area contributed by atoms with Crippen LogP contribution in [0.15, 0.2) is 54.6 Å². The molecule has 0 saturated carbocycles. The Morgan fingerprint density at radius 3 is 2.35 bits per heavy atom. The molecule has 1 heterocycles. The molecule has 2 aromatic carbocycles. The highest BCUT2D eigenvalue weighted by Crippen LogP contribution is 2.31. The van der Waals surface area contributed by atoms with Gasteiger partial charge < -0.3 is 9.84 Å². The predicted molar refractivity (Wildman–Crippen MR) is 92.0 cm³/mol. The van der Waals surface area contributed by atoms with E-state index < -0.39 is 0 Å². The molecule has 0 bridgehead atoms. The van der Waals surface area contributed by atoms with E-state index in [1.54, 1.807) is 0 Å². The molecule has 0 spiro atoms. The van der Waals surface area contributed by atoms with E-state index in [-0.39, 0.29) is 18.2 Å². The van der Waals surface area contributed by atoms with Gasteiger partial charge in [-0.25, -0.2) is 0 Å². The molecule has 1 aliphatic rings. The lowest BCUT2D eigenvalue weighted by atomic mass is 9.97. The van der Waals surface area contributed by atoms with Gasteiger partial charge in [-0.15, -0.1) is 0 Å². The van der Waals surface area contributed by atoms with Crippen molar-refractivity contribution in [3.05, 3.63) is 71.3 Å². The molecule has 3 nitrogen and oxygen atoms in total. The van der Waals surface area contributed by atoms with Crippen LogP contribution in [0.3, 0.4) is 0 Å². The van der Waals surface area contributed by atoms with Gasteiger partial charge in [0, 0.05) is 18.6 Å². The lowest BCUT2D eigenvalue weighted by Gasteiger charge is -2.45. The zero-order valence-corrected chi connectivity index (χ0v) is 13.9. The number of aliphatic hydroxyl groups excluding tert-OH is 1. The van der Waals surface area contributed by atoms with Crippen LogP contribution >= 0.6 is 0 Å². The van der Waals surface area contributed by atoms with E-state index in [0.29, 0.717) is 0 Å². The number of aliphatic hydroxyl groups is 1. The summed E-state index contributed by atoms with van der Waals surface area (Å²) < 4.78 is 6.11. The van der Waals surface area contributed by atoms with Gasteiger partial charge in [-0.1, -0.05) is 54.6 Å². The molecule has 0 aromatic heterocycles. The van der Waals surface area contributed by atoms with Gasteiger partial charge in [0.25, 0.3) is 0 Å². The van der Waals surface area contributed by atoms with Crippen LogP contribution in [0.5, 0.6) is 0 Å². The molecule has 1 atom stereocenters. The zero-order chi connectivity index (χ0) is 16.3. The number of morpholine rings is 1. The van der Waals surface area contributed by atoms with Crippen LogP contribution in [-0.4, -0.2) is 28.7 Å². The largest absolute Gasteiger partial charge is 0.392 e. The fourth-order valence-corrected chi connectivity index (χ4v) is 3.01. The molecule has 2 aromatic rings. The molecule has 3 heteroatoms. The lowest BCUT2D eigenvalue weighted by Crippen LogP contribution is -2.53. The van der Waals surface area contributed by atoms with Gasteiger partial charge in [0.05, 0.1) is 19.3 Å². The van der Waals surface area contributed by atoms with Crippen molar-refractivity contribution in [3.8, 4) is 0 Å². The Balaban J connectivity index is 1.74. The standard InChI is InChI=1S/C20H25NO2/c1-20(2)15-23-19(18-6-4-3-5-7-18)13-21(20)12-16-8-10-17(14-22)11-9-16/h3-11,19,22H,12-15H2,1-2H3. The summed E-state index contributed by atoms with van der Waals surface area (Å²) in [6, 6.07) is 18.6. The van der Waals surface area contributed by atoms with Crippen molar-refractivity contribution in [1.82, 2.24) is 4.90 Å². The first-order valence-corrected chi connectivity index (χ1v) is 8.19. The minimum atomic E-state index is 0.0148. The number of ether oxygens (including phenoxy) is 1. The van der Waals surface area contributed by atoms with E-state index in [2.05, 4.69) is 55.1 Å². The van der Waals surface area contributed by atoms with E-state index in [4.69, 9.17) is 9.84 Å². The maximum atomic E-state index is 9.17. The van der Waals surface area contributed by atoms with Crippen LogP contribution in [0.25, 0.3) is 0 Å². The summed E-state index contributed by atoms with van der Waals surface area (Å²) >= 11 is 0. The molecule has 0 aliphatic carbocycles. The van der Waals surface area contributed by atoms with Gasteiger partial charge in [-0.05, 0) is 30.5 Å². The van der Waals surface area contributed by atoms with Crippen LogP contribution in [0.2, 0.25) is 0 Å². The topological polar surface area (TPSA) is 32.7 Å². The molecule has 1 fully saturated rings. The molecule has 1 saturated heterocycles. The zero-order valence-electron chi connectivity index (χ0n) is 13.9. The van der Waals surface area contributed by atoms with Crippen LogP contribution in [-0.2, 0) is 17.9 Å². The second-order valence-electron chi connectivity index (χ2n) is 6.88. The highest BCUT2D eigenvalue weighted by atomic mass is 16.5. The van der Waals surface area contributed by atoms with Gasteiger partial charge in [-0.2, -0.15) is 0 Å². The maximum absolute atomic E-state index is 9.17. The molecule has 3 rings (SSSR count). The maximum Gasteiger partial charge on any atom is 0.0953 e. The van der Waals surface area contributed by atoms with Crippen molar-refractivity contribution in [1.29, 1.82) is 0 Å². The number of nitrogens with zero attached hydrogens (tertiary/aromatic N) is 1. The van der Waals surface area contributed by atoms with Gasteiger partial charge in [0.15, 0.2) is 0 Å². The van der Waals surface area contributed by atoms with Gasteiger partial charge >= 0.3 is 0 Å². The van der Waals surface area contributed by atoms with E-state index in [1.165, 1.54) is 11.1 Å². The second-order valence-corrected chi connectivity index (χ2v) is 6.88. The Hall–Kier alpha value is -1.68. The van der Waals surface area contributed by atoms with Crippen LogP contribution in [0.1, 0.15) is 36.6 Å². The molecule has 0 radical (unpaired) electrons. The second kappa shape index (κ2) is 6.83. The van der Waals surface area contributed by atoms with Crippen LogP contribution in [0, 0.1) is 0 Å². The summed E-state index contributed by atoms with van der Waals surface area (Å²) in [5.74, 6) is 0. The van der Waals surface area contributed by atoms with E-state index >= 15 is 0 Å². The fourth-order valence-electron chi connectivity index (χ4n) is 3.01. The van der Waals surface area contributed by atoms with E-state index in [1.807, 2.05) is 18.2 Å². The third-order valence-corrected chi connectivity index (χ3v) is 4.63. The van der Waals surface area contributed by atoms with Crippen LogP contribution < -0.4 is 0 Å². The van der Waals surface area contributed by atoms with E-state index in [9.17, 15) is 0 Å². The number of hydrogen-bond acceptors (Lipinski definition) is 3. The van der Waals surface area contributed by atoms with Crippen molar-refractivity contribution in [2.24, 2.45) is 0 Å². The highest BCUT2D eigenvalue weighted by Gasteiger charge is 2.35. The Kier molecular flexibility index (Phi) is 4.81. The Morgan fingerprint density at radius 2 is 1.70 bits per heavy atom. The van der Waals surface area contributed by atoms with Gasteiger partial charge in [-0.3, -0.25) is 4.90 Å². The highest BCUT2D eigenvalue weighted by molar-refractivity contribution is 5.23. The number of hydrogen-bond donors (Lipinski definition) is 1. The average Bonchev–Trinajstić information content (AvgIpc) is 2.58. The van der Waals surface area contributed by atoms with Gasteiger partial charge in [0.1, 0.15) is 0 Å². The SMILES string of the molecule is CC1(C)COC(c2ccccc2)CN1Cc1ccc(CO)cc1. The first kappa shape index (κ1) is 16.2. The van der Waals surface area contributed by atoms with Gasteiger partial charge in [0.2, 0.25) is 0 Å². The molecule has 23 heavy (non-hydrogen) atoms. The monoisotopic (exact) mass is 311 g/mol. The summed E-state index contributed by atoms with van der Waals surface area (Å²) in [6.07, 6.45) is 0.126. The van der Waals surface area contributed by atoms with Crippen molar-refractivity contribution in [2.45, 2.75) is 38.6 Å². The molecule has 122 valence electrons. The third kappa shape index (κ3) is 3.81. The van der Waals surface area contributed by atoms with Crippen molar-refractivity contribution in [2.75, 3.05) is 13.2 Å². The smallest absolute Gasteiger partial charge is 0.0953 e. The number of benzene rings is 2. The first-order valence-electron chi connectivity index (χ1n) is 8.19. The molecule has 1 aliphatic heterocycles. The van der Waals surface area contributed by atoms with E-state index in [0.717, 1.165) is 25.3 Å². The minimum Gasteiger partial charge on any atom is -0.392 e. The van der Waals surface area contributed by atoms with Crippen molar-refractivity contribution in [3.63, 3.8) is 0 Å². The fraction of sp³-hybridized carbons (Fsp3) is 0.400. The minimum absolute atomic E-state index is 0.0148. The van der Waals surface area contributed by atoms with Crippen LogP contribution in [0.4, 0.5) is 0 Å². The van der Waals surface area contributed by atoms with Crippen molar-refractivity contribution < 1.29 is 9.84 Å². The normalized spacial score (nSPS) is 21.3. The average molecular weight is 311 g/mol. The first-order chi connectivity index (χ1) is 11.1. The van der Waals surface area contributed by atoms with Crippen molar-refractivity contribution >= 4 is 0 Å². The molecular weight excluding hydrogens is 286 g/mol. The lowest BCUT2D eigenvalue weighted by molar-refractivity contribution is -0.104. The molecule has 1 N–H and O–H groups in total. The predicted octanol–water partition coefficient (Wildman–Crippen LogP) is 3.53. The molecular formula is C20H25NO2. The number of rotatable bonds is 4. The molecule has 0 amide bonds. The summed E-state index contributed by atoms with van der Waals surface area (Å²) in [6.45, 7) is 7.07. The Bertz CT molecular complexity index is 622.